The van der Waals surface area contributed by atoms with E-state index < -0.39 is 37.3 Å². The molecule has 5 N–H and O–H groups in total. The van der Waals surface area contributed by atoms with Crippen LogP contribution in [-0.4, -0.2) is 63.5 Å². The van der Waals surface area contributed by atoms with E-state index in [0.29, 0.717) is 17.0 Å². The normalized spacial score (nSPS) is 29.9. The number of ether oxygens (including phenoxy) is 1. The molecule has 1 aromatic carbocycles. The fourth-order valence-corrected chi connectivity index (χ4v) is 3.58. The number of Topliss-reactive ketones (excluding diaryl/α,β-unsaturated/α-hetero) is 1. The van der Waals surface area contributed by atoms with Crippen LogP contribution in [0.5, 0.6) is 0 Å². The fraction of sp³-hybridized carbons (Fsp3) is 0.350. The highest BCUT2D eigenvalue weighted by molar-refractivity contribution is 6.26. The molecule has 0 bridgehead atoms. The Bertz CT molecular complexity index is 892. The highest BCUT2D eigenvalue weighted by Gasteiger charge is 2.43. The van der Waals surface area contributed by atoms with Crippen molar-refractivity contribution in [1.82, 2.24) is 0 Å². The minimum atomic E-state index is -1.42. The smallest absolute Gasteiger partial charge is 0.178 e. The lowest BCUT2D eigenvalue weighted by Gasteiger charge is -2.40. The van der Waals surface area contributed by atoms with E-state index in [1.807, 2.05) is 6.07 Å². The molecule has 1 fully saturated rings. The molecule has 2 aliphatic rings. The standard InChI is InChI=1S/C20H21NO7/c22-9-16-18(24)19(25)17(20(26)28-16)21-12-4-3-10-7-13(15-2-1-5-27-15)14(23)8-11(10)6-12/h1-7,16-22,24-26H,8-9H2/t16?,17?,18-,19-,20-/m0/s1. The number of aliphatic hydroxyl groups excluding tert-OH is 4. The minimum Gasteiger partial charge on any atom is -0.464 e. The molecular formula is C20H21NO7. The maximum atomic E-state index is 12.5. The highest BCUT2D eigenvalue weighted by atomic mass is 16.6. The second-order valence-electron chi connectivity index (χ2n) is 6.95. The van der Waals surface area contributed by atoms with Crippen LogP contribution in [0.3, 0.4) is 0 Å². The van der Waals surface area contributed by atoms with Gasteiger partial charge in [0.25, 0.3) is 0 Å². The molecule has 1 aliphatic carbocycles. The van der Waals surface area contributed by atoms with Crippen LogP contribution < -0.4 is 5.32 Å². The summed E-state index contributed by atoms with van der Waals surface area (Å²) in [7, 11) is 0. The van der Waals surface area contributed by atoms with Crippen molar-refractivity contribution in [3.8, 4) is 0 Å². The monoisotopic (exact) mass is 387 g/mol. The van der Waals surface area contributed by atoms with E-state index in [4.69, 9.17) is 14.3 Å². The molecule has 148 valence electrons. The fourth-order valence-electron chi connectivity index (χ4n) is 3.58. The van der Waals surface area contributed by atoms with Gasteiger partial charge in [-0.15, -0.1) is 0 Å². The third kappa shape index (κ3) is 3.36. The molecule has 4 rings (SSSR count). The van der Waals surface area contributed by atoms with Crippen LogP contribution in [-0.2, 0) is 16.0 Å². The molecule has 1 saturated heterocycles. The van der Waals surface area contributed by atoms with Gasteiger partial charge in [0.2, 0.25) is 0 Å². The highest BCUT2D eigenvalue weighted by Crippen LogP contribution is 2.31. The van der Waals surface area contributed by atoms with E-state index in [0.717, 1.165) is 11.1 Å². The van der Waals surface area contributed by atoms with Gasteiger partial charge in [0, 0.05) is 12.1 Å². The minimum absolute atomic E-state index is 0.0677. The predicted molar refractivity (Wildman–Crippen MR) is 99.1 cm³/mol. The van der Waals surface area contributed by atoms with Gasteiger partial charge < -0.3 is 34.9 Å². The van der Waals surface area contributed by atoms with Crippen molar-refractivity contribution < 1.29 is 34.4 Å². The summed E-state index contributed by atoms with van der Waals surface area (Å²) in [6, 6.07) is 7.79. The lowest BCUT2D eigenvalue weighted by molar-refractivity contribution is -0.245. The molecule has 0 amide bonds. The van der Waals surface area contributed by atoms with Crippen molar-refractivity contribution in [1.29, 1.82) is 0 Å². The molecule has 5 atom stereocenters. The molecule has 2 heterocycles. The second-order valence-corrected chi connectivity index (χ2v) is 6.95. The van der Waals surface area contributed by atoms with Crippen LogP contribution in [0.25, 0.3) is 11.6 Å². The van der Waals surface area contributed by atoms with Crippen LogP contribution in [0.2, 0.25) is 0 Å². The average Bonchev–Trinajstić information content (AvgIpc) is 3.22. The Morgan fingerprint density at radius 3 is 2.68 bits per heavy atom. The Kier molecular flexibility index (Phi) is 5.05. The number of furan rings is 1. The van der Waals surface area contributed by atoms with Gasteiger partial charge >= 0.3 is 0 Å². The second kappa shape index (κ2) is 7.50. The molecule has 2 aromatic rings. The van der Waals surface area contributed by atoms with Gasteiger partial charge in [-0.25, -0.2) is 0 Å². The summed E-state index contributed by atoms with van der Waals surface area (Å²) in [6.45, 7) is -0.521. The summed E-state index contributed by atoms with van der Waals surface area (Å²) in [5.41, 5.74) is 2.74. The SMILES string of the molecule is O=C1Cc2cc(NC3[C@@H](O)OC(CO)[C@H](O)[C@H]3O)ccc2C=C1c1ccco1. The number of nitrogens with one attached hydrogen (secondary N) is 1. The first-order chi connectivity index (χ1) is 13.5. The summed E-state index contributed by atoms with van der Waals surface area (Å²) < 4.78 is 10.5. The summed E-state index contributed by atoms with van der Waals surface area (Å²) in [4.78, 5) is 12.5. The van der Waals surface area contributed by atoms with E-state index in [1.165, 1.54) is 6.26 Å². The molecule has 28 heavy (non-hydrogen) atoms. The van der Waals surface area contributed by atoms with Crippen LogP contribution in [0, 0.1) is 0 Å². The Morgan fingerprint density at radius 1 is 1.14 bits per heavy atom. The Labute approximate surface area is 160 Å². The Hall–Kier alpha value is -2.49. The lowest BCUT2D eigenvalue weighted by Crippen LogP contribution is -2.61. The third-order valence-corrected chi connectivity index (χ3v) is 5.11. The number of fused-ring (bicyclic) bond motifs is 1. The first kappa shape index (κ1) is 18.9. The molecule has 8 nitrogen and oxygen atoms in total. The van der Waals surface area contributed by atoms with Crippen molar-refractivity contribution in [3.63, 3.8) is 0 Å². The summed E-state index contributed by atoms with van der Waals surface area (Å²) >= 11 is 0. The molecule has 1 aromatic heterocycles. The maximum Gasteiger partial charge on any atom is 0.178 e. The van der Waals surface area contributed by atoms with Gasteiger partial charge in [-0.1, -0.05) is 6.07 Å². The van der Waals surface area contributed by atoms with Gasteiger partial charge in [-0.05, 0) is 41.5 Å². The van der Waals surface area contributed by atoms with Gasteiger partial charge in [-0.3, -0.25) is 4.79 Å². The number of benzene rings is 1. The topological polar surface area (TPSA) is 132 Å². The van der Waals surface area contributed by atoms with Crippen molar-refractivity contribution in [2.45, 2.75) is 37.1 Å². The summed E-state index contributed by atoms with van der Waals surface area (Å²) in [5, 5.41) is 42.4. The maximum absolute atomic E-state index is 12.5. The van der Waals surface area contributed by atoms with Crippen LogP contribution >= 0.6 is 0 Å². The van der Waals surface area contributed by atoms with Gasteiger partial charge in [0.05, 0.1) is 18.4 Å². The van der Waals surface area contributed by atoms with E-state index in [2.05, 4.69) is 5.32 Å². The average molecular weight is 387 g/mol. The number of allylic oxidation sites excluding steroid dienone is 1. The quantitative estimate of drug-likeness (QED) is 0.501. The van der Waals surface area contributed by atoms with E-state index in [-0.39, 0.29) is 12.2 Å². The van der Waals surface area contributed by atoms with Crippen LogP contribution in [0.4, 0.5) is 5.69 Å². The zero-order valence-corrected chi connectivity index (χ0v) is 14.9. The van der Waals surface area contributed by atoms with Crippen molar-refractivity contribution >= 4 is 23.1 Å². The van der Waals surface area contributed by atoms with Gasteiger partial charge in [-0.2, -0.15) is 0 Å². The molecule has 1 aliphatic heterocycles. The molecule has 2 unspecified atom stereocenters. The van der Waals surface area contributed by atoms with Gasteiger partial charge in [0.1, 0.15) is 30.1 Å². The van der Waals surface area contributed by atoms with E-state index in [9.17, 15) is 20.1 Å². The summed E-state index contributed by atoms with van der Waals surface area (Å²) in [6.07, 6.45) is -1.68. The zero-order chi connectivity index (χ0) is 19.8. The number of ketones is 1. The van der Waals surface area contributed by atoms with E-state index in [1.54, 1.807) is 30.3 Å². The third-order valence-electron chi connectivity index (χ3n) is 5.11. The predicted octanol–water partition coefficient (Wildman–Crippen LogP) is 0.157. The molecule has 8 heteroatoms. The number of anilines is 1. The first-order valence-corrected chi connectivity index (χ1v) is 8.96. The summed E-state index contributed by atoms with van der Waals surface area (Å²) in [5.74, 6) is 0.456. The first-order valence-electron chi connectivity index (χ1n) is 8.96. The lowest BCUT2D eigenvalue weighted by atomic mass is 9.89. The van der Waals surface area contributed by atoms with Gasteiger partial charge in [0.15, 0.2) is 12.1 Å². The number of hydrogen-bond acceptors (Lipinski definition) is 8. The van der Waals surface area contributed by atoms with Crippen molar-refractivity contribution in [2.75, 3.05) is 11.9 Å². The molecule has 0 spiro atoms. The number of rotatable bonds is 4. The van der Waals surface area contributed by atoms with Crippen molar-refractivity contribution in [3.05, 3.63) is 53.5 Å². The molecular weight excluding hydrogens is 366 g/mol. The van der Waals surface area contributed by atoms with E-state index >= 15 is 0 Å². The van der Waals surface area contributed by atoms with Crippen molar-refractivity contribution in [2.24, 2.45) is 0 Å². The number of aliphatic hydroxyl groups is 4. The zero-order valence-electron chi connectivity index (χ0n) is 14.9. The largest absolute Gasteiger partial charge is 0.464 e. The number of carbonyl (C=O) groups excluding carboxylic acids is 1. The number of carbonyl (C=O) groups is 1. The number of hydrogen-bond donors (Lipinski definition) is 5. The Balaban J connectivity index is 1.56. The molecule has 0 radical (unpaired) electrons. The van der Waals surface area contributed by atoms with Crippen LogP contribution in [0.15, 0.2) is 41.0 Å². The van der Waals surface area contributed by atoms with Crippen LogP contribution in [0.1, 0.15) is 16.9 Å². The molecule has 0 saturated carbocycles. The Morgan fingerprint density at radius 2 is 1.96 bits per heavy atom.